The third-order valence-corrected chi connectivity index (χ3v) is 12.7. The van der Waals surface area contributed by atoms with E-state index in [1.54, 1.807) is 12.4 Å². The topological polar surface area (TPSA) is 104 Å². The first-order valence-corrected chi connectivity index (χ1v) is 22.1. The molecule has 0 spiro atoms. The Bertz CT molecular complexity index is 2330. The number of rotatable bonds is 15. The second-order valence-corrected chi connectivity index (χ2v) is 16.6. The number of alkyl halides is 4. The van der Waals surface area contributed by atoms with Gasteiger partial charge in [0.25, 0.3) is 11.8 Å². The highest BCUT2D eigenvalue weighted by atomic mass is 19.3. The van der Waals surface area contributed by atoms with Crippen molar-refractivity contribution in [3.05, 3.63) is 144 Å². The zero-order valence-corrected chi connectivity index (χ0v) is 36.5. The molecular formula is C50H54F4N8O2. The summed E-state index contributed by atoms with van der Waals surface area (Å²) >= 11 is 0. The Morgan fingerprint density at radius 1 is 0.562 bits per heavy atom. The third kappa shape index (κ3) is 9.12. The van der Waals surface area contributed by atoms with E-state index in [1.807, 2.05) is 147 Å². The molecule has 4 aromatic carbocycles. The van der Waals surface area contributed by atoms with Crippen molar-refractivity contribution in [2.24, 2.45) is 0 Å². The van der Waals surface area contributed by atoms with E-state index in [9.17, 15) is 9.59 Å². The molecular weight excluding hydrogens is 821 g/mol. The number of aromatic nitrogens is 4. The van der Waals surface area contributed by atoms with Gasteiger partial charge in [0.05, 0.1) is 36.6 Å². The van der Waals surface area contributed by atoms with Crippen LogP contribution in [0.1, 0.15) is 87.5 Å². The van der Waals surface area contributed by atoms with Crippen LogP contribution < -0.4 is 0 Å². The van der Waals surface area contributed by atoms with Crippen molar-refractivity contribution in [3.8, 4) is 33.6 Å². The fourth-order valence-corrected chi connectivity index (χ4v) is 9.34. The normalized spacial score (nSPS) is 19.1. The quantitative estimate of drug-likeness (QED) is 0.0997. The highest BCUT2D eigenvalue weighted by Gasteiger charge is 2.52. The van der Waals surface area contributed by atoms with Crippen molar-refractivity contribution < 1.29 is 27.2 Å². The Kier molecular flexibility index (Phi) is 12.9. The monoisotopic (exact) mass is 874 g/mol. The van der Waals surface area contributed by atoms with Gasteiger partial charge in [-0.05, 0) is 48.4 Å². The minimum atomic E-state index is -3.07. The molecule has 2 aromatic heterocycles. The average Bonchev–Trinajstić information content (AvgIpc) is 4.13. The SMILES string of the molecule is CCN(CC)[C@@H](C(=O)N1CC(F)(F)C[C@H]1c1nc(-c2ccc(-c3ccc(-c4c[nH]c([C@@H]5CC(F)(F)CN5C(=O)[C@@H](c5ccccc5)N(CC)CC)n4)cc3)cc2)c[nH]1)c1ccccc1. The fourth-order valence-electron chi connectivity index (χ4n) is 9.34. The lowest BCUT2D eigenvalue weighted by molar-refractivity contribution is -0.140. The van der Waals surface area contributed by atoms with Crippen molar-refractivity contribution in [2.45, 2.75) is 76.5 Å². The standard InChI is InChI=1S/C50H54F4N8O2/c1-5-59(6-2)43(37-15-11-9-12-16-37)47(63)61-31-49(51,52)27-41(61)45-55-29-39(57-45)35-23-19-33(20-24-35)34-21-25-36(26-22-34)40-30-56-46(58-40)42-28-50(53,54)32-62(42)48(64)44(60(7-3)8-4)38-17-13-10-14-18-38/h9-26,29-30,41-44H,5-8,27-28,31-32H2,1-4H3,(H,55,57)(H,56,58)/t41-,42-,43+,44+/m0/s1. The van der Waals surface area contributed by atoms with Gasteiger partial charge in [0.2, 0.25) is 11.8 Å². The summed E-state index contributed by atoms with van der Waals surface area (Å²) < 4.78 is 60.5. The molecule has 2 fully saturated rings. The number of benzene rings is 4. The zero-order valence-electron chi connectivity index (χ0n) is 36.5. The lowest BCUT2D eigenvalue weighted by Gasteiger charge is -2.34. The molecule has 2 saturated heterocycles. The molecule has 0 bridgehead atoms. The van der Waals surface area contributed by atoms with Gasteiger partial charge in [0, 0.05) is 36.4 Å². The molecule has 4 atom stereocenters. The average molecular weight is 875 g/mol. The summed E-state index contributed by atoms with van der Waals surface area (Å²) in [7, 11) is 0. The minimum Gasteiger partial charge on any atom is -0.346 e. The van der Waals surface area contributed by atoms with Crippen LogP contribution in [0.2, 0.25) is 0 Å². The van der Waals surface area contributed by atoms with E-state index in [4.69, 9.17) is 9.97 Å². The first-order chi connectivity index (χ1) is 30.8. The van der Waals surface area contributed by atoms with Gasteiger partial charge in [-0.15, -0.1) is 0 Å². The van der Waals surface area contributed by atoms with E-state index >= 15 is 17.6 Å². The Labute approximate surface area is 371 Å². The van der Waals surface area contributed by atoms with Gasteiger partial charge in [-0.25, -0.2) is 27.5 Å². The molecule has 0 aliphatic carbocycles. The molecule has 64 heavy (non-hydrogen) atoms. The molecule has 8 rings (SSSR count). The number of carbonyl (C=O) groups excluding carboxylic acids is 2. The Hall–Kier alpha value is -6.12. The van der Waals surface area contributed by atoms with E-state index in [0.29, 0.717) is 49.2 Å². The van der Waals surface area contributed by atoms with Crippen molar-refractivity contribution in [1.29, 1.82) is 0 Å². The number of likely N-dealkylation sites (tertiary alicyclic amines) is 2. The van der Waals surface area contributed by atoms with E-state index in [-0.39, 0.29) is 11.8 Å². The Balaban J connectivity index is 0.969. The maximum absolute atomic E-state index is 15.1. The Morgan fingerprint density at radius 2 is 0.891 bits per heavy atom. The minimum absolute atomic E-state index is 0.310. The van der Waals surface area contributed by atoms with Crippen LogP contribution in [-0.2, 0) is 9.59 Å². The molecule has 4 heterocycles. The van der Waals surface area contributed by atoms with Crippen molar-refractivity contribution in [2.75, 3.05) is 39.3 Å². The van der Waals surface area contributed by atoms with Crippen LogP contribution in [0.3, 0.4) is 0 Å². The van der Waals surface area contributed by atoms with Crippen LogP contribution in [0, 0.1) is 0 Å². The third-order valence-electron chi connectivity index (χ3n) is 12.7. The lowest BCUT2D eigenvalue weighted by atomic mass is 10.0. The van der Waals surface area contributed by atoms with Crippen LogP contribution in [0.25, 0.3) is 33.6 Å². The molecule has 2 aliphatic heterocycles. The van der Waals surface area contributed by atoms with Crippen molar-refractivity contribution >= 4 is 11.8 Å². The smallest absolute Gasteiger partial charge is 0.267 e. The number of nitrogens with zero attached hydrogens (tertiary/aromatic N) is 6. The van der Waals surface area contributed by atoms with Gasteiger partial charge in [-0.2, -0.15) is 0 Å². The number of aromatic amines is 2. The first kappa shape index (κ1) is 44.5. The molecule has 2 amide bonds. The number of imidazole rings is 2. The van der Waals surface area contributed by atoms with E-state index < -0.39 is 61.9 Å². The molecule has 10 nitrogen and oxygen atoms in total. The lowest BCUT2D eigenvalue weighted by Crippen LogP contribution is -2.43. The van der Waals surface area contributed by atoms with E-state index in [0.717, 1.165) is 33.4 Å². The molecule has 0 unspecified atom stereocenters. The van der Waals surface area contributed by atoms with Gasteiger partial charge in [-0.3, -0.25) is 19.4 Å². The number of carbonyl (C=O) groups is 2. The second-order valence-electron chi connectivity index (χ2n) is 16.6. The predicted octanol–water partition coefficient (Wildman–Crippen LogP) is 10.1. The predicted molar refractivity (Wildman–Crippen MR) is 239 cm³/mol. The van der Waals surface area contributed by atoms with E-state index in [2.05, 4.69) is 9.97 Å². The van der Waals surface area contributed by atoms with Gasteiger partial charge < -0.3 is 19.8 Å². The first-order valence-electron chi connectivity index (χ1n) is 22.1. The molecule has 0 saturated carbocycles. The number of hydrogen-bond acceptors (Lipinski definition) is 6. The maximum atomic E-state index is 15.1. The number of amides is 2. The van der Waals surface area contributed by atoms with Crippen LogP contribution in [0.15, 0.2) is 122 Å². The zero-order chi connectivity index (χ0) is 45.2. The Morgan fingerprint density at radius 3 is 1.22 bits per heavy atom. The molecule has 2 N–H and O–H groups in total. The van der Waals surface area contributed by atoms with Crippen molar-refractivity contribution in [1.82, 2.24) is 39.5 Å². The number of halogens is 4. The van der Waals surface area contributed by atoms with Gasteiger partial charge >= 0.3 is 0 Å². The summed E-state index contributed by atoms with van der Waals surface area (Å²) in [6, 6.07) is 30.8. The molecule has 14 heteroatoms. The number of H-pyrrole nitrogens is 2. The fraction of sp³-hybridized carbons (Fsp3) is 0.360. The molecule has 0 radical (unpaired) electrons. The van der Waals surface area contributed by atoms with Crippen LogP contribution in [0.4, 0.5) is 17.6 Å². The number of likely N-dealkylation sites (N-methyl/N-ethyl adjacent to an activating group) is 2. The molecule has 334 valence electrons. The second kappa shape index (κ2) is 18.5. The maximum Gasteiger partial charge on any atom is 0.267 e. The summed E-state index contributed by atoms with van der Waals surface area (Å²) in [6.45, 7) is 8.78. The summed E-state index contributed by atoms with van der Waals surface area (Å²) in [4.78, 5) is 50.6. The largest absolute Gasteiger partial charge is 0.346 e. The molecule has 2 aliphatic rings. The summed E-state index contributed by atoms with van der Waals surface area (Å²) in [5.74, 6) is -6.27. The summed E-state index contributed by atoms with van der Waals surface area (Å²) in [5.41, 5.74) is 6.06. The number of nitrogens with one attached hydrogen (secondary N) is 2. The van der Waals surface area contributed by atoms with Gasteiger partial charge in [0.1, 0.15) is 23.7 Å². The highest BCUT2D eigenvalue weighted by molar-refractivity contribution is 5.85. The van der Waals surface area contributed by atoms with Crippen LogP contribution >= 0.6 is 0 Å². The summed E-state index contributed by atoms with van der Waals surface area (Å²) in [5, 5.41) is 0. The van der Waals surface area contributed by atoms with Gasteiger partial charge in [-0.1, -0.05) is 137 Å². The highest BCUT2D eigenvalue weighted by Crippen LogP contribution is 2.44. The van der Waals surface area contributed by atoms with Crippen molar-refractivity contribution in [3.63, 3.8) is 0 Å². The van der Waals surface area contributed by atoms with E-state index in [1.165, 1.54) is 9.80 Å². The van der Waals surface area contributed by atoms with Crippen LogP contribution in [-0.4, -0.2) is 102 Å². The summed E-state index contributed by atoms with van der Waals surface area (Å²) in [6.07, 6.45) is 2.31. The molecule has 6 aromatic rings. The van der Waals surface area contributed by atoms with Crippen LogP contribution in [0.5, 0.6) is 0 Å². The van der Waals surface area contributed by atoms with Gasteiger partial charge in [0.15, 0.2) is 0 Å². The number of hydrogen-bond donors (Lipinski definition) is 2.